The standard InChI is InChI=1S/C18H26N2O3/c1-13-6-4-5-7-16(13)19-17(21)12-23-18(22)14-8-10-15(11-9-14)20(2)3/h8-11,13,16H,4-7,12H2,1-3H3,(H,19,21)/t13-,16-/m0/s1. The van der Waals surface area contributed by atoms with Gasteiger partial charge in [0.25, 0.3) is 5.91 Å². The van der Waals surface area contributed by atoms with Crippen molar-refractivity contribution in [3.05, 3.63) is 29.8 Å². The average Bonchev–Trinajstić information content (AvgIpc) is 2.55. The number of esters is 1. The number of nitrogens with one attached hydrogen (secondary N) is 1. The third-order valence-electron chi connectivity index (χ3n) is 4.41. The summed E-state index contributed by atoms with van der Waals surface area (Å²) in [7, 11) is 3.87. The van der Waals surface area contributed by atoms with E-state index in [1.165, 1.54) is 6.42 Å². The first-order chi connectivity index (χ1) is 11.0. The molecule has 1 aliphatic carbocycles. The van der Waals surface area contributed by atoms with Gasteiger partial charge in [-0.2, -0.15) is 0 Å². The molecule has 0 heterocycles. The Bertz CT molecular complexity index is 540. The Labute approximate surface area is 138 Å². The van der Waals surface area contributed by atoms with Crippen LogP contribution in [-0.2, 0) is 9.53 Å². The fourth-order valence-electron chi connectivity index (χ4n) is 2.89. The van der Waals surface area contributed by atoms with Crippen LogP contribution in [0.25, 0.3) is 0 Å². The van der Waals surface area contributed by atoms with Crippen LogP contribution in [0.1, 0.15) is 43.0 Å². The highest BCUT2D eigenvalue weighted by molar-refractivity contribution is 5.91. The molecule has 2 rings (SSSR count). The monoisotopic (exact) mass is 318 g/mol. The van der Waals surface area contributed by atoms with Crippen LogP contribution in [0.4, 0.5) is 5.69 Å². The van der Waals surface area contributed by atoms with Crippen molar-refractivity contribution >= 4 is 17.6 Å². The van der Waals surface area contributed by atoms with E-state index in [4.69, 9.17) is 4.74 Å². The van der Waals surface area contributed by atoms with Crippen molar-refractivity contribution in [1.82, 2.24) is 5.32 Å². The third-order valence-corrected chi connectivity index (χ3v) is 4.41. The van der Waals surface area contributed by atoms with Crippen molar-refractivity contribution in [2.45, 2.75) is 38.6 Å². The predicted octanol–water partition coefficient (Wildman–Crippen LogP) is 2.60. The van der Waals surface area contributed by atoms with Crippen LogP contribution in [0.5, 0.6) is 0 Å². The van der Waals surface area contributed by atoms with E-state index in [-0.39, 0.29) is 18.6 Å². The van der Waals surface area contributed by atoms with Crippen LogP contribution < -0.4 is 10.2 Å². The van der Waals surface area contributed by atoms with Gasteiger partial charge in [0, 0.05) is 25.8 Å². The van der Waals surface area contributed by atoms with Crippen LogP contribution in [0.15, 0.2) is 24.3 Å². The lowest BCUT2D eigenvalue weighted by molar-refractivity contribution is -0.125. The molecule has 1 fully saturated rings. The number of hydrogen-bond donors (Lipinski definition) is 1. The molecule has 0 bridgehead atoms. The first-order valence-corrected chi connectivity index (χ1v) is 8.21. The maximum absolute atomic E-state index is 12.0. The number of carbonyl (C=O) groups is 2. The second-order valence-corrected chi connectivity index (χ2v) is 6.45. The molecule has 23 heavy (non-hydrogen) atoms. The van der Waals surface area contributed by atoms with Crippen molar-refractivity contribution in [1.29, 1.82) is 0 Å². The lowest BCUT2D eigenvalue weighted by Gasteiger charge is -2.29. The minimum atomic E-state index is -0.470. The van der Waals surface area contributed by atoms with Crippen LogP contribution in [-0.4, -0.2) is 38.6 Å². The molecule has 0 aliphatic heterocycles. The fraction of sp³-hybridized carbons (Fsp3) is 0.556. The minimum Gasteiger partial charge on any atom is -0.452 e. The summed E-state index contributed by atoms with van der Waals surface area (Å²) >= 11 is 0. The molecule has 1 N–H and O–H groups in total. The molecule has 0 aromatic heterocycles. The van der Waals surface area contributed by atoms with Gasteiger partial charge in [0.15, 0.2) is 6.61 Å². The van der Waals surface area contributed by atoms with Crippen molar-refractivity contribution < 1.29 is 14.3 Å². The van der Waals surface area contributed by atoms with Crippen molar-refractivity contribution in [3.63, 3.8) is 0 Å². The zero-order chi connectivity index (χ0) is 16.8. The van der Waals surface area contributed by atoms with E-state index in [9.17, 15) is 9.59 Å². The summed E-state index contributed by atoms with van der Waals surface area (Å²) in [5.74, 6) is -0.203. The summed E-state index contributed by atoms with van der Waals surface area (Å²) in [5.41, 5.74) is 1.46. The SMILES string of the molecule is C[C@H]1CCCC[C@@H]1NC(=O)COC(=O)c1ccc(N(C)C)cc1. The van der Waals surface area contributed by atoms with Gasteiger partial charge >= 0.3 is 5.97 Å². The highest BCUT2D eigenvalue weighted by atomic mass is 16.5. The molecular formula is C18H26N2O3. The molecule has 0 radical (unpaired) electrons. The summed E-state index contributed by atoms with van der Waals surface area (Å²) < 4.78 is 5.10. The number of hydrogen-bond acceptors (Lipinski definition) is 4. The summed E-state index contributed by atoms with van der Waals surface area (Å²) in [6.45, 7) is 1.93. The van der Waals surface area contributed by atoms with Gasteiger partial charge in [0.05, 0.1) is 5.56 Å². The first kappa shape index (κ1) is 17.3. The Morgan fingerprint density at radius 2 is 1.83 bits per heavy atom. The number of benzene rings is 1. The van der Waals surface area contributed by atoms with E-state index in [0.717, 1.165) is 24.9 Å². The van der Waals surface area contributed by atoms with Gasteiger partial charge in [-0.3, -0.25) is 4.79 Å². The summed E-state index contributed by atoms with van der Waals surface area (Å²) in [4.78, 5) is 25.9. The molecule has 1 amide bonds. The molecule has 0 spiro atoms. The van der Waals surface area contributed by atoms with Crippen molar-refractivity contribution in [3.8, 4) is 0 Å². The van der Waals surface area contributed by atoms with Crippen molar-refractivity contribution in [2.75, 3.05) is 25.6 Å². The maximum atomic E-state index is 12.0. The second kappa shape index (κ2) is 7.99. The lowest BCUT2D eigenvalue weighted by atomic mass is 9.86. The van der Waals surface area contributed by atoms with E-state index >= 15 is 0 Å². The summed E-state index contributed by atoms with van der Waals surface area (Å²) in [6.07, 6.45) is 4.52. The molecular weight excluding hydrogens is 292 g/mol. The minimum absolute atomic E-state index is 0.203. The smallest absolute Gasteiger partial charge is 0.338 e. The Morgan fingerprint density at radius 3 is 2.43 bits per heavy atom. The third kappa shape index (κ3) is 4.98. The van der Waals surface area contributed by atoms with Gasteiger partial charge < -0.3 is 15.0 Å². The van der Waals surface area contributed by atoms with Crippen LogP contribution in [0, 0.1) is 5.92 Å². The molecule has 2 atom stereocenters. The predicted molar refractivity (Wildman–Crippen MR) is 90.6 cm³/mol. The number of carbonyl (C=O) groups excluding carboxylic acids is 2. The fourth-order valence-corrected chi connectivity index (χ4v) is 2.89. The number of amides is 1. The van der Waals surface area contributed by atoms with Gasteiger partial charge in [-0.1, -0.05) is 19.8 Å². The zero-order valence-electron chi connectivity index (χ0n) is 14.2. The van der Waals surface area contributed by atoms with Crippen LogP contribution >= 0.6 is 0 Å². The molecule has 1 aromatic carbocycles. The molecule has 0 unspecified atom stereocenters. The van der Waals surface area contributed by atoms with Crippen molar-refractivity contribution in [2.24, 2.45) is 5.92 Å². The summed E-state index contributed by atoms with van der Waals surface area (Å²) in [5, 5.41) is 2.98. The summed E-state index contributed by atoms with van der Waals surface area (Å²) in [6, 6.07) is 7.31. The normalized spacial score (nSPS) is 20.7. The van der Waals surface area contributed by atoms with E-state index in [0.29, 0.717) is 11.5 Å². The number of rotatable bonds is 5. The Kier molecular flexibility index (Phi) is 6.02. The number of ether oxygens (including phenoxy) is 1. The van der Waals surface area contributed by atoms with E-state index in [1.54, 1.807) is 12.1 Å². The average molecular weight is 318 g/mol. The Balaban J connectivity index is 1.80. The highest BCUT2D eigenvalue weighted by Crippen LogP contribution is 2.23. The van der Waals surface area contributed by atoms with Gasteiger partial charge in [-0.05, 0) is 43.0 Å². The molecule has 0 saturated heterocycles. The molecule has 1 aliphatic rings. The Morgan fingerprint density at radius 1 is 1.17 bits per heavy atom. The van der Waals surface area contributed by atoms with Gasteiger partial charge in [-0.25, -0.2) is 4.79 Å². The Hall–Kier alpha value is -2.04. The number of nitrogens with zero attached hydrogens (tertiary/aromatic N) is 1. The maximum Gasteiger partial charge on any atom is 0.338 e. The second-order valence-electron chi connectivity index (χ2n) is 6.45. The van der Waals surface area contributed by atoms with Crippen LogP contribution in [0.3, 0.4) is 0 Å². The quantitative estimate of drug-likeness (QED) is 0.848. The van der Waals surface area contributed by atoms with Gasteiger partial charge in [0.2, 0.25) is 0 Å². The largest absolute Gasteiger partial charge is 0.452 e. The molecule has 1 aromatic rings. The lowest BCUT2D eigenvalue weighted by Crippen LogP contribution is -2.42. The molecule has 5 nitrogen and oxygen atoms in total. The molecule has 5 heteroatoms. The van der Waals surface area contributed by atoms with Gasteiger partial charge in [-0.15, -0.1) is 0 Å². The number of anilines is 1. The van der Waals surface area contributed by atoms with Gasteiger partial charge in [0.1, 0.15) is 0 Å². The molecule has 1 saturated carbocycles. The van der Waals surface area contributed by atoms with Crippen LogP contribution in [0.2, 0.25) is 0 Å². The zero-order valence-corrected chi connectivity index (χ0v) is 14.2. The van der Waals surface area contributed by atoms with E-state index in [1.807, 2.05) is 31.1 Å². The van der Waals surface area contributed by atoms with E-state index < -0.39 is 5.97 Å². The van der Waals surface area contributed by atoms with E-state index in [2.05, 4.69) is 12.2 Å². The topological polar surface area (TPSA) is 58.6 Å². The first-order valence-electron chi connectivity index (χ1n) is 8.21. The molecule has 126 valence electrons. The highest BCUT2D eigenvalue weighted by Gasteiger charge is 2.23.